The number of para-hydroxylation sites is 2. The van der Waals surface area contributed by atoms with E-state index in [-0.39, 0.29) is 5.54 Å². The topological polar surface area (TPSA) is 6.48 Å². The zero-order valence-electron chi connectivity index (χ0n) is 27.8. The molecule has 0 spiro atoms. The van der Waals surface area contributed by atoms with Crippen molar-refractivity contribution in [2.45, 2.75) is 58.9 Å². The van der Waals surface area contributed by atoms with Crippen molar-refractivity contribution in [2.24, 2.45) is 0 Å². The van der Waals surface area contributed by atoms with E-state index in [1.165, 1.54) is 56.0 Å². The molecule has 6 aromatic rings. The van der Waals surface area contributed by atoms with Gasteiger partial charge >= 0.3 is 0 Å². The molecule has 1 aliphatic heterocycles. The zero-order valence-corrected chi connectivity index (χ0v) is 27.8. The Kier molecular flexibility index (Phi) is 7.69. The molecule has 0 atom stereocenters. The maximum atomic E-state index is 2.65. The van der Waals surface area contributed by atoms with Crippen molar-refractivity contribution in [1.82, 2.24) is 0 Å². The molecule has 0 saturated heterocycles. The van der Waals surface area contributed by atoms with E-state index >= 15 is 0 Å². The van der Waals surface area contributed by atoms with Crippen LogP contribution in [0.4, 0.5) is 22.7 Å². The van der Waals surface area contributed by atoms with Crippen molar-refractivity contribution in [3.8, 4) is 0 Å². The lowest BCUT2D eigenvalue weighted by molar-refractivity contribution is 0.529. The van der Waals surface area contributed by atoms with Gasteiger partial charge in [-0.2, -0.15) is 0 Å². The van der Waals surface area contributed by atoms with Crippen molar-refractivity contribution in [1.29, 1.82) is 0 Å². The summed E-state index contributed by atoms with van der Waals surface area (Å²) in [6.07, 6.45) is 0. The molecule has 46 heavy (non-hydrogen) atoms. The third-order valence-corrected chi connectivity index (χ3v) is 9.61. The van der Waals surface area contributed by atoms with Crippen LogP contribution in [0.25, 0.3) is 10.8 Å². The van der Waals surface area contributed by atoms with Gasteiger partial charge in [0.05, 0.1) is 11.2 Å². The van der Waals surface area contributed by atoms with Crippen LogP contribution in [0.15, 0.2) is 140 Å². The van der Waals surface area contributed by atoms with Gasteiger partial charge in [0.25, 0.3) is 0 Å². The second-order valence-electron chi connectivity index (χ2n) is 13.6. The number of benzene rings is 6. The number of fused-ring (bicyclic) bond motifs is 2. The van der Waals surface area contributed by atoms with Crippen LogP contribution < -0.4 is 9.80 Å². The number of hydrogen-bond acceptors (Lipinski definition) is 2. The number of anilines is 4. The molecule has 0 unspecified atom stereocenters. The lowest BCUT2D eigenvalue weighted by Gasteiger charge is -2.42. The second kappa shape index (κ2) is 11.8. The molecule has 0 aliphatic carbocycles. The predicted octanol–water partition coefficient (Wildman–Crippen LogP) is 12.2. The quantitative estimate of drug-likeness (QED) is 0.180. The van der Waals surface area contributed by atoms with E-state index in [2.05, 4.69) is 191 Å². The van der Waals surface area contributed by atoms with Gasteiger partial charge < -0.3 is 9.80 Å². The summed E-state index contributed by atoms with van der Waals surface area (Å²) in [6.45, 7) is 14.0. The van der Waals surface area contributed by atoms with E-state index in [0.29, 0.717) is 11.8 Å². The van der Waals surface area contributed by atoms with Crippen LogP contribution in [0.3, 0.4) is 0 Å². The molecule has 1 radical (unpaired) electrons. The minimum Gasteiger partial charge on any atom is -0.345 e. The van der Waals surface area contributed by atoms with E-state index < -0.39 is 0 Å². The molecule has 7 rings (SSSR count). The Hall–Kier alpha value is -4.82. The minimum absolute atomic E-state index is 0.224. The SMILES string of the molecule is CC(C)c1cccc(C(C)C)c1N1[C](c2ccc(N(c3ccccc3)c3cccc4ccccc34)cc2)c2ccccc2C1(C)C. The van der Waals surface area contributed by atoms with Crippen molar-refractivity contribution in [3.63, 3.8) is 0 Å². The van der Waals surface area contributed by atoms with E-state index in [1.807, 2.05) is 0 Å². The van der Waals surface area contributed by atoms with Gasteiger partial charge in [-0.15, -0.1) is 0 Å². The fourth-order valence-corrected chi connectivity index (χ4v) is 7.37. The zero-order chi connectivity index (χ0) is 32.0. The molecule has 2 nitrogen and oxygen atoms in total. The van der Waals surface area contributed by atoms with Crippen LogP contribution in [-0.4, -0.2) is 0 Å². The van der Waals surface area contributed by atoms with Gasteiger partial charge in [-0.1, -0.05) is 137 Å². The molecular weight excluding hydrogens is 556 g/mol. The van der Waals surface area contributed by atoms with Crippen LogP contribution in [0, 0.1) is 6.04 Å². The van der Waals surface area contributed by atoms with Gasteiger partial charge in [0.15, 0.2) is 0 Å². The highest BCUT2D eigenvalue weighted by Crippen LogP contribution is 2.54. The van der Waals surface area contributed by atoms with Crippen LogP contribution in [0.1, 0.15) is 81.2 Å². The summed E-state index contributed by atoms with van der Waals surface area (Å²) in [7, 11) is 0. The van der Waals surface area contributed by atoms with E-state index in [4.69, 9.17) is 0 Å². The molecule has 1 aliphatic rings. The van der Waals surface area contributed by atoms with Crippen LogP contribution in [0.5, 0.6) is 0 Å². The van der Waals surface area contributed by atoms with Gasteiger partial charge in [0, 0.05) is 22.4 Å². The first-order chi connectivity index (χ1) is 22.3. The number of rotatable bonds is 7. The predicted molar refractivity (Wildman–Crippen MR) is 197 cm³/mol. The standard InChI is InChI=1S/C44H43N2/c1-30(2)36-22-15-23-37(31(3)4)43(36)46-42(39-21-12-13-24-40(39)44(46,5)6)33-26-28-35(29-27-33)45(34-18-8-7-9-19-34)41-25-14-17-32-16-10-11-20-38(32)41/h7-31H,1-6H3. The molecule has 0 fully saturated rings. The summed E-state index contributed by atoms with van der Waals surface area (Å²) in [5, 5.41) is 2.47. The number of nitrogens with zero attached hydrogens (tertiary/aromatic N) is 2. The second-order valence-corrected chi connectivity index (χ2v) is 13.6. The molecule has 0 saturated carbocycles. The van der Waals surface area contributed by atoms with E-state index in [1.54, 1.807) is 0 Å². The third-order valence-electron chi connectivity index (χ3n) is 9.61. The molecule has 6 aromatic carbocycles. The van der Waals surface area contributed by atoms with Gasteiger partial charge in [0.1, 0.15) is 6.04 Å². The molecule has 0 aromatic heterocycles. The Balaban J connectivity index is 1.40. The molecule has 229 valence electrons. The van der Waals surface area contributed by atoms with Gasteiger partial charge in [-0.05, 0) is 89.2 Å². The molecule has 0 bridgehead atoms. The first kappa shape index (κ1) is 29.9. The van der Waals surface area contributed by atoms with Gasteiger partial charge in [-0.25, -0.2) is 0 Å². The highest BCUT2D eigenvalue weighted by Gasteiger charge is 2.47. The lowest BCUT2D eigenvalue weighted by atomic mass is 9.88. The minimum atomic E-state index is -0.224. The number of hydrogen-bond donors (Lipinski definition) is 0. The highest BCUT2D eigenvalue weighted by atomic mass is 15.3. The summed E-state index contributed by atoms with van der Waals surface area (Å²) < 4.78 is 0. The summed E-state index contributed by atoms with van der Waals surface area (Å²) in [4.78, 5) is 5.03. The Bertz CT molecular complexity index is 1950. The molecular formula is C44H43N2. The van der Waals surface area contributed by atoms with Crippen molar-refractivity contribution in [3.05, 3.63) is 173 Å². The van der Waals surface area contributed by atoms with Crippen LogP contribution in [-0.2, 0) is 5.54 Å². The molecule has 1 heterocycles. The van der Waals surface area contributed by atoms with Crippen molar-refractivity contribution < 1.29 is 0 Å². The molecule has 0 amide bonds. The van der Waals surface area contributed by atoms with Crippen molar-refractivity contribution in [2.75, 3.05) is 9.80 Å². The monoisotopic (exact) mass is 599 g/mol. The Morgan fingerprint density at radius 2 is 1.11 bits per heavy atom. The fraction of sp³-hybridized carbons (Fsp3) is 0.205. The maximum Gasteiger partial charge on any atom is 0.124 e. The summed E-state index contributed by atoms with van der Waals surface area (Å²) in [6, 6.07) is 52.3. The average Bonchev–Trinajstić information content (AvgIpc) is 3.31. The van der Waals surface area contributed by atoms with Gasteiger partial charge in [0.2, 0.25) is 0 Å². The maximum absolute atomic E-state index is 2.65. The Morgan fingerprint density at radius 3 is 1.80 bits per heavy atom. The normalized spacial score (nSPS) is 14.3. The summed E-state index contributed by atoms with van der Waals surface area (Å²) in [5.41, 5.74) is 11.3. The third kappa shape index (κ3) is 4.97. The largest absolute Gasteiger partial charge is 0.345 e. The molecule has 0 N–H and O–H groups in total. The van der Waals surface area contributed by atoms with Crippen LogP contribution in [0.2, 0.25) is 0 Å². The molecule has 2 heteroatoms. The van der Waals surface area contributed by atoms with Gasteiger partial charge in [-0.3, -0.25) is 0 Å². The van der Waals surface area contributed by atoms with Crippen LogP contribution >= 0.6 is 0 Å². The van der Waals surface area contributed by atoms with Crippen molar-refractivity contribution >= 4 is 33.5 Å². The smallest absolute Gasteiger partial charge is 0.124 e. The summed E-state index contributed by atoms with van der Waals surface area (Å²) in [5.74, 6) is 0.800. The fourth-order valence-electron chi connectivity index (χ4n) is 7.37. The highest BCUT2D eigenvalue weighted by molar-refractivity contribution is 5.98. The lowest BCUT2D eigenvalue weighted by Crippen LogP contribution is -2.40. The van der Waals surface area contributed by atoms with E-state index in [9.17, 15) is 0 Å². The average molecular weight is 600 g/mol. The first-order valence-electron chi connectivity index (χ1n) is 16.6. The Labute approximate surface area is 275 Å². The Morgan fingerprint density at radius 1 is 0.543 bits per heavy atom. The van der Waals surface area contributed by atoms with E-state index in [0.717, 1.165) is 11.4 Å². The first-order valence-corrected chi connectivity index (χ1v) is 16.6. The summed E-state index contributed by atoms with van der Waals surface area (Å²) >= 11 is 0.